The molecule has 1 amide bonds. The molecule has 2 aromatic heterocycles. The summed E-state index contributed by atoms with van der Waals surface area (Å²) in [5, 5.41) is 8.47. The monoisotopic (exact) mass is 453 g/mol. The van der Waals surface area contributed by atoms with Crippen molar-refractivity contribution in [3.8, 4) is 0 Å². The van der Waals surface area contributed by atoms with Crippen molar-refractivity contribution in [1.82, 2.24) is 24.5 Å². The predicted octanol–water partition coefficient (Wildman–Crippen LogP) is 3.46. The second kappa shape index (κ2) is 9.36. The average molecular weight is 454 g/mol. The van der Waals surface area contributed by atoms with Gasteiger partial charge < -0.3 is 5.32 Å². The molecular formula is C22H20ClN5O2S. The standard InChI is InChI=1S/C22H20ClN5O2S/c1-15-2-4-16(5-3-15)12-25-19(29)13-28-22(30)27-11-10-24-21(20(27)26-28)31-14-17-6-8-18(23)9-7-17/h2-11H,12-14H2,1H3,(H,25,29). The summed E-state index contributed by atoms with van der Waals surface area (Å²) in [6.45, 7) is 2.24. The van der Waals surface area contributed by atoms with Gasteiger partial charge in [-0.05, 0) is 30.2 Å². The van der Waals surface area contributed by atoms with Crippen LogP contribution < -0.4 is 11.0 Å². The summed E-state index contributed by atoms with van der Waals surface area (Å²) in [6, 6.07) is 15.5. The second-order valence-corrected chi connectivity index (χ2v) is 8.44. The van der Waals surface area contributed by atoms with Crippen LogP contribution >= 0.6 is 23.4 Å². The largest absolute Gasteiger partial charge is 0.350 e. The first-order chi connectivity index (χ1) is 15.0. The van der Waals surface area contributed by atoms with Gasteiger partial charge in [0.25, 0.3) is 0 Å². The first kappa shape index (κ1) is 21.1. The Morgan fingerprint density at radius 1 is 1.10 bits per heavy atom. The molecule has 0 spiro atoms. The number of aryl methyl sites for hydroxylation is 1. The van der Waals surface area contributed by atoms with E-state index in [0.717, 1.165) is 21.4 Å². The molecule has 2 aromatic carbocycles. The molecule has 0 saturated heterocycles. The van der Waals surface area contributed by atoms with Gasteiger partial charge in [-0.25, -0.2) is 18.9 Å². The molecule has 0 fully saturated rings. The van der Waals surface area contributed by atoms with Crippen molar-refractivity contribution in [3.05, 3.63) is 93.1 Å². The number of benzene rings is 2. The summed E-state index contributed by atoms with van der Waals surface area (Å²) in [7, 11) is 0. The Morgan fingerprint density at radius 3 is 2.55 bits per heavy atom. The molecule has 158 valence electrons. The summed E-state index contributed by atoms with van der Waals surface area (Å²) in [6.07, 6.45) is 3.11. The zero-order valence-electron chi connectivity index (χ0n) is 16.8. The van der Waals surface area contributed by atoms with Gasteiger partial charge in [0.1, 0.15) is 11.6 Å². The Balaban J connectivity index is 1.46. The van der Waals surface area contributed by atoms with Crippen LogP contribution in [0.1, 0.15) is 16.7 Å². The number of fused-ring (bicyclic) bond motifs is 1. The fraction of sp³-hybridized carbons (Fsp3) is 0.182. The Morgan fingerprint density at radius 2 is 1.81 bits per heavy atom. The van der Waals surface area contributed by atoms with E-state index >= 15 is 0 Å². The minimum Gasteiger partial charge on any atom is -0.350 e. The van der Waals surface area contributed by atoms with Crippen LogP contribution in [0.3, 0.4) is 0 Å². The molecule has 0 aliphatic rings. The first-order valence-corrected chi connectivity index (χ1v) is 11.0. The Hall–Kier alpha value is -3.10. The van der Waals surface area contributed by atoms with Crippen LogP contribution in [0, 0.1) is 6.92 Å². The zero-order valence-corrected chi connectivity index (χ0v) is 18.4. The smallest absolute Gasteiger partial charge is 0.350 e. The number of nitrogens with zero attached hydrogens (tertiary/aromatic N) is 4. The molecule has 0 aliphatic heterocycles. The van der Waals surface area contributed by atoms with E-state index in [-0.39, 0.29) is 18.1 Å². The van der Waals surface area contributed by atoms with Crippen molar-refractivity contribution in [1.29, 1.82) is 0 Å². The van der Waals surface area contributed by atoms with Gasteiger partial charge >= 0.3 is 5.69 Å². The van der Waals surface area contributed by atoms with Gasteiger partial charge in [-0.1, -0.05) is 65.3 Å². The first-order valence-electron chi connectivity index (χ1n) is 9.63. The van der Waals surface area contributed by atoms with Gasteiger partial charge in [-0.3, -0.25) is 4.79 Å². The third kappa shape index (κ3) is 5.15. The normalized spacial score (nSPS) is 11.0. The number of aromatic nitrogens is 4. The van der Waals surface area contributed by atoms with Crippen LogP contribution in [-0.2, 0) is 23.6 Å². The van der Waals surface area contributed by atoms with E-state index < -0.39 is 0 Å². The summed E-state index contributed by atoms with van der Waals surface area (Å²) in [4.78, 5) is 29.4. The number of carbonyl (C=O) groups excluding carboxylic acids is 1. The van der Waals surface area contributed by atoms with Gasteiger partial charge in [-0.15, -0.1) is 5.10 Å². The molecule has 1 N–H and O–H groups in total. The highest BCUT2D eigenvalue weighted by Crippen LogP contribution is 2.24. The highest BCUT2D eigenvalue weighted by atomic mass is 35.5. The SMILES string of the molecule is Cc1ccc(CNC(=O)Cn2nc3c(SCc4ccc(Cl)cc4)nccn3c2=O)cc1. The van der Waals surface area contributed by atoms with Crippen LogP contribution in [0.4, 0.5) is 0 Å². The highest BCUT2D eigenvalue weighted by Gasteiger charge is 2.14. The van der Waals surface area contributed by atoms with Crippen molar-refractivity contribution in [2.45, 2.75) is 30.8 Å². The van der Waals surface area contributed by atoms with E-state index in [0.29, 0.717) is 28.0 Å². The second-order valence-electron chi connectivity index (χ2n) is 7.04. The number of hydrogen-bond acceptors (Lipinski definition) is 5. The van der Waals surface area contributed by atoms with Gasteiger partial charge in [0.2, 0.25) is 5.91 Å². The van der Waals surface area contributed by atoms with E-state index in [2.05, 4.69) is 15.4 Å². The topological polar surface area (TPSA) is 81.3 Å². The number of hydrogen-bond donors (Lipinski definition) is 1. The minimum atomic E-state index is -0.378. The van der Waals surface area contributed by atoms with Gasteiger partial charge in [0.15, 0.2) is 5.65 Å². The predicted molar refractivity (Wildman–Crippen MR) is 121 cm³/mol. The van der Waals surface area contributed by atoms with Crippen molar-refractivity contribution in [3.63, 3.8) is 0 Å². The lowest BCUT2D eigenvalue weighted by Gasteiger charge is -2.05. The van der Waals surface area contributed by atoms with Gasteiger partial charge in [0, 0.05) is 29.7 Å². The third-order valence-corrected chi connectivity index (χ3v) is 5.95. The molecule has 0 atom stereocenters. The van der Waals surface area contributed by atoms with Crippen molar-refractivity contribution in [2.75, 3.05) is 0 Å². The summed E-state index contributed by atoms with van der Waals surface area (Å²) in [5.41, 5.74) is 3.28. The minimum absolute atomic E-state index is 0.159. The number of amides is 1. The number of nitrogens with one attached hydrogen (secondary N) is 1. The number of carbonyl (C=O) groups is 1. The van der Waals surface area contributed by atoms with Gasteiger partial charge in [-0.2, -0.15) is 0 Å². The fourth-order valence-corrected chi connectivity index (χ4v) is 3.99. The van der Waals surface area contributed by atoms with Gasteiger partial charge in [0.05, 0.1) is 0 Å². The third-order valence-electron chi connectivity index (χ3n) is 4.66. The summed E-state index contributed by atoms with van der Waals surface area (Å²) < 4.78 is 2.57. The molecule has 0 saturated carbocycles. The van der Waals surface area contributed by atoms with E-state index in [1.807, 2.05) is 55.5 Å². The van der Waals surface area contributed by atoms with Crippen molar-refractivity contribution < 1.29 is 4.79 Å². The highest BCUT2D eigenvalue weighted by molar-refractivity contribution is 7.98. The molecule has 4 aromatic rings. The molecule has 9 heteroatoms. The summed E-state index contributed by atoms with van der Waals surface area (Å²) in [5.74, 6) is 0.372. The molecule has 0 aliphatic carbocycles. The van der Waals surface area contributed by atoms with Crippen LogP contribution in [0.25, 0.3) is 5.65 Å². The zero-order chi connectivity index (χ0) is 21.8. The summed E-state index contributed by atoms with van der Waals surface area (Å²) >= 11 is 7.40. The van der Waals surface area contributed by atoms with Crippen LogP contribution in [-0.4, -0.2) is 25.1 Å². The van der Waals surface area contributed by atoms with Crippen LogP contribution in [0.5, 0.6) is 0 Å². The van der Waals surface area contributed by atoms with E-state index in [4.69, 9.17) is 11.6 Å². The van der Waals surface area contributed by atoms with Crippen LogP contribution in [0.2, 0.25) is 5.02 Å². The Kier molecular flexibility index (Phi) is 6.39. The number of rotatable bonds is 7. The van der Waals surface area contributed by atoms with Crippen molar-refractivity contribution in [2.24, 2.45) is 0 Å². The maximum absolute atomic E-state index is 12.7. The molecule has 0 radical (unpaired) electrons. The number of halogens is 1. The van der Waals surface area contributed by atoms with Crippen molar-refractivity contribution >= 4 is 34.9 Å². The lowest BCUT2D eigenvalue weighted by molar-refractivity contribution is -0.122. The molecule has 7 nitrogen and oxygen atoms in total. The van der Waals surface area contributed by atoms with E-state index in [1.54, 1.807) is 12.4 Å². The lowest BCUT2D eigenvalue weighted by Crippen LogP contribution is -2.32. The van der Waals surface area contributed by atoms with E-state index in [1.165, 1.54) is 16.2 Å². The average Bonchev–Trinajstić information content (AvgIpc) is 3.09. The Bertz CT molecular complexity index is 1270. The van der Waals surface area contributed by atoms with E-state index in [9.17, 15) is 9.59 Å². The Labute approximate surface area is 188 Å². The molecule has 31 heavy (non-hydrogen) atoms. The molecule has 0 unspecified atom stereocenters. The number of thioether (sulfide) groups is 1. The maximum Gasteiger partial charge on any atom is 0.350 e. The lowest BCUT2D eigenvalue weighted by atomic mass is 10.1. The quantitative estimate of drug-likeness (QED) is 0.433. The molecule has 0 bridgehead atoms. The maximum atomic E-state index is 12.7. The molecular weight excluding hydrogens is 434 g/mol. The molecule has 4 rings (SSSR count). The van der Waals surface area contributed by atoms with Crippen LogP contribution in [0.15, 0.2) is 70.7 Å². The molecule has 2 heterocycles. The fourth-order valence-electron chi connectivity index (χ4n) is 2.96.